The molecule has 0 radical (unpaired) electrons. The van der Waals surface area contributed by atoms with Crippen molar-refractivity contribution in [2.45, 2.75) is 69.9 Å². The van der Waals surface area contributed by atoms with Crippen molar-refractivity contribution in [1.29, 1.82) is 0 Å². The molecule has 0 saturated carbocycles. The standard InChI is InChI=1S/C34H43N7O4S/c1-34(2,3)23-17-24(19-25(18-23)39-46(5,43)44)35-33(42)36-29-13-14-30(28-11-7-6-10-27(28)29)45-26-12-15-31-37-38-32(41(31)21-26)22-9-8-16-40(4)20-22/h6-7,10-12,15,17-19,21-22,29-30,39H,8-9,13-14,16,20H2,1-5H3,(H2,35,36,42)/t22?,29-,30+/m0/s1. The van der Waals surface area contributed by atoms with E-state index in [9.17, 15) is 13.2 Å². The first-order valence-electron chi connectivity index (χ1n) is 15.8. The van der Waals surface area contributed by atoms with E-state index in [1.807, 2.05) is 63.4 Å². The number of benzene rings is 2. The quantitative estimate of drug-likeness (QED) is 0.225. The molecule has 3 heterocycles. The van der Waals surface area contributed by atoms with Crippen molar-refractivity contribution in [1.82, 2.24) is 24.8 Å². The lowest BCUT2D eigenvalue weighted by molar-refractivity contribution is 0.171. The molecule has 11 nitrogen and oxygen atoms in total. The van der Waals surface area contributed by atoms with Gasteiger partial charge in [-0.25, -0.2) is 13.2 Å². The van der Waals surface area contributed by atoms with Crippen molar-refractivity contribution >= 4 is 33.1 Å². The first-order chi connectivity index (χ1) is 21.8. The Kier molecular flexibility index (Phi) is 8.68. The summed E-state index contributed by atoms with van der Waals surface area (Å²) in [4.78, 5) is 15.6. The summed E-state index contributed by atoms with van der Waals surface area (Å²) in [6, 6.07) is 16.7. The van der Waals surface area contributed by atoms with Gasteiger partial charge < -0.3 is 20.3 Å². The van der Waals surface area contributed by atoms with Gasteiger partial charge in [-0.05, 0) is 91.7 Å². The van der Waals surface area contributed by atoms with Crippen LogP contribution in [0.5, 0.6) is 5.75 Å². The van der Waals surface area contributed by atoms with Crippen LogP contribution < -0.4 is 20.1 Å². The van der Waals surface area contributed by atoms with Crippen LogP contribution in [0.4, 0.5) is 16.2 Å². The second-order valence-electron chi connectivity index (χ2n) is 13.6. The van der Waals surface area contributed by atoms with E-state index in [1.54, 1.807) is 12.1 Å². The molecular formula is C34H43N7O4S. The van der Waals surface area contributed by atoms with E-state index >= 15 is 0 Å². The normalized spacial score (nSPS) is 20.6. The van der Waals surface area contributed by atoms with Crippen molar-refractivity contribution < 1.29 is 17.9 Å². The molecule has 1 aliphatic heterocycles. The van der Waals surface area contributed by atoms with Crippen molar-refractivity contribution in [3.8, 4) is 5.75 Å². The minimum atomic E-state index is -3.49. The SMILES string of the molecule is CN1CCCC(c2nnc3ccc(O[C@@H]4CC[C@H](NC(=O)Nc5cc(NS(C)(=O)=O)cc(C(C)(C)C)c5)c5ccccc54)cn23)C1. The largest absolute Gasteiger partial charge is 0.484 e. The van der Waals surface area contributed by atoms with E-state index in [1.165, 1.54) is 0 Å². The number of sulfonamides is 1. The lowest BCUT2D eigenvalue weighted by atomic mass is 9.85. The third-order valence-electron chi connectivity index (χ3n) is 8.77. The predicted octanol–water partition coefficient (Wildman–Crippen LogP) is 5.98. The Labute approximate surface area is 270 Å². The van der Waals surface area contributed by atoms with Crippen molar-refractivity contribution in [2.24, 2.45) is 0 Å². The molecule has 1 unspecified atom stereocenters. The van der Waals surface area contributed by atoms with E-state index < -0.39 is 10.0 Å². The fourth-order valence-electron chi connectivity index (χ4n) is 6.53. The lowest BCUT2D eigenvalue weighted by Gasteiger charge is -2.32. The number of likely N-dealkylation sites (N-methyl/N-ethyl adjacent to an activating group) is 1. The van der Waals surface area contributed by atoms with Crippen LogP contribution in [0, 0.1) is 0 Å². The van der Waals surface area contributed by atoms with Crippen LogP contribution >= 0.6 is 0 Å². The second-order valence-corrected chi connectivity index (χ2v) is 15.4. The number of amides is 2. The zero-order chi connectivity index (χ0) is 32.6. The van der Waals surface area contributed by atoms with E-state index in [2.05, 4.69) is 48.0 Å². The molecule has 244 valence electrons. The topological polar surface area (TPSA) is 130 Å². The van der Waals surface area contributed by atoms with Gasteiger partial charge >= 0.3 is 6.03 Å². The number of nitrogens with one attached hydrogen (secondary N) is 3. The number of fused-ring (bicyclic) bond motifs is 2. The molecule has 0 bridgehead atoms. The van der Waals surface area contributed by atoms with Gasteiger partial charge in [-0.1, -0.05) is 45.0 Å². The summed E-state index contributed by atoms with van der Waals surface area (Å²) < 4.78 is 35.0. The number of hydrogen-bond donors (Lipinski definition) is 3. The number of hydrogen-bond acceptors (Lipinski definition) is 7. The summed E-state index contributed by atoms with van der Waals surface area (Å²) >= 11 is 0. The van der Waals surface area contributed by atoms with Gasteiger partial charge in [-0.15, -0.1) is 10.2 Å². The number of carbonyl (C=O) groups is 1. The Morgan fingerprint density at radius 2 is 1.74 bits per heavy atom. The van der Waals surface area contributed by atoms with E-state index in [0.29, 0.717) is 30.1 Å². The van der Waals surface area contributed by atoms with Gasteiger partial charge in [0.15, 0.2) is 5.65 Å². The maximum absolute atomic E-state index is 13.3. The highest BCUT2D eigenvalue weighted by atomic mass is 32.2. The number of carbonyl (C=O) groups excluding carboxylic acids is 1. The van der Waals surface area contributed by atoms with Gasteiger partial charge in [0.2, 0.25) is 10.0 Å². The second kappa shape index (κ2) is 12.6. The molecule has 6 rings (SSSR count). The number of likely N-dealkylation sites (tertiary alicyclic amines) is 1. The van der Waals surface area contributed by atoms with Gasteiger partial charge in [-0.3, -0.25) is 9.12 Å². The third kappa shape index (κ3) is 7.28. The Bertz CT molecular complexity index is 1850. The minimum absolute atomic E-state index is 0.177. The number of rotatable bonds is 7. The average molecular weight is 646 g/mol. The molecule has 4 aromatic rings. The molecule has 2 aromatic heterocycles. The summed E-state index contributed by atoms with van der Waals surface area (Å²) in [6.07, 6.45) is 6.56. The number of pyridine rings is 1. The van der Waals surface area contributed by atoms with E-state index in [0.717, 1.165) is 66.1 Å². The molecule has 1 fully saturated rings. The first kappa shape index (κ1) is 31.8. The minimum Gasteiger partial charge on any atom is -0.484 e. The summed E-state index contributed by atoms with van der Waals surface area (Å²) in [5.74, 6) is 2.05. The average Bonchev–Trinajstić information content (AvgIpc) is 3.40. The number of aromatic nitrogens is 3. The van der Waals surface area contributed by atoms with Gasteiger partial charge in [-0.2, -0.15) is 0 Å². The highest BCUT2D eigenvalue weighted by Gasteiger charge is 2.30. The molecule has 1 aliphatic carbocycles. The molecular weight excluding hydrogens is 602 g/mol. The van der Waals surface area contributed by atoms with Crippen LogP contribution in [0.2, 0.25) is 0 Å². The van der Waals surface area contributed by atoms with E-state index in [4.69, 9.17) is 4.74 Å². The molecule has 12 heteroatoms. The fraction of sp³-hybridized carbons (Fsp3) is 0.441. The molecule has 2 aliphatic rings. The molecule has 1 saturated heterocycles. The van der Waals surface area contributed by atoms with Crippen LogP contribution in [0.15, 0.2) is 60.8 Å². The molecule has 3 N–H and O–H groups in total. The zero-order valence-corrected chi connectivity index (χ0v) is 27.9. The van der Waals surface area contributed by atoms with Gasteiger partial charge in [0, 0.05) is 18.2 Å². The summed E-state index contributed by atoms with van der Waals surface area (Å²) in [5.41, 5.74) is 4.39. The van der Waals surface area contributed by atoms with Crippen molar-refractivity contribution in [3.63, 3.8) is 0 Å². The van der Waals surface area contributed by atoms with Crippen LogP contribution in [0.25, 0.3) is 5.65 Å². The van der Waals surface area contributed by atoms with Crippen LogP contribution in [0.3, 0.4) is 0 Å². The molecule has 46 heavy (non-hydrogen) atoms. The Hall–Kier alpha value is -4.16. The number of piperidine rings is 1. The monoisotopic (exact) mass is 645 g/mol. The molecule has 0 spiro atoms. The van der Waals surface area contributed by atoms with Crippen LogP contribution in [-0.2, 0) is 15.4 Å². The number of anilines is 2. The highest BCUT2D eigenvalue weighted by Crippen LogP contribution is 2.39. The van der Waals surface area contributed by atoms with Crippen molar-refractivity contribution in [3.05, 3.63) is 83.3 Å². The summed E-state index contributed by atoms with van der Waals surface area (Å²) in [7, 11) is -1.34. The van der Waals surface area contributed by atoms with Crippen molar-refractivity contribution in [2.75, 3.05) is 36.4 Å². The lowest BCUT2D eigenvalue weighted by Crippen LogP contribution is -2.35. The third-order valence-corrected chi connectivity index (χ3v) is 9.38. The zero-order valence-electron chi connectivity index (χ0n) is 27.1. The van der Waals surface area contributed by atoms with Gasteiger partial charge in [0.1, 0.15) is 17.7 Å². The summed E-state index contributed by atoms with van der Waals surface area (Å²) in [6.45, 7) is 8.17. The fourth-order valence-corrected chi connectivity index (χ4v) is 7.08. The predicted molar refractivity (Wildman–Crippen MR) is 180 cm³/mol. The first-order valence-corrected chi connectivity index (χ1v) is 17.7. The summed E-state index contributed by atoms with van der Waals surface area (Å²) in [5, 5.41) is 15.0. The maximum Gasteiger partial charge on any atom is 0.319 e. The van der Waals surface area contributed by atoms with E-state index in [-0.39, 0.29) is 23.6 Å². The number of urea groups is 1. The van der Waals surface area contributed by atoms with Gasteiger partial charge in [0.05, 0.1) is 24.2 Å². The molecule has 2 amide bonds. The van der Waals surface area contributed by atoms with Crippen LogP contribution in [-0.4, -0.2) is 60.3 Å². The Morgan fingerprint density at radius 3 is 2.48 bits per heavy atom. The Balaban J connectivity index is 1.18. The number of nitrogens with zero attached hydrogens (tertiary/aromatic N) is 4. The maximum atomic E-state index is 13.3. The highest BCUT2D eigenvalue weighted by molar-refractivity contribution is 7.92. The smallest absolute Gasteiger partial charge is 0.319 e. The number of ether oxygens (including phenoxy) is 1. The van der Waals surface area contributed by atoms with Gasteiger partial charge in [0.25, 0.3) is 0 Å². The van der Waals surface area contributed by atoms with Crippen LogP contribution in [0.1, 0.15) is 87.0 Å². The Morgan fingerprint density at radius 1 is 0.978 bits per heavy atom. The molecule has 3 atom stereocenters. The molecule has 2 aromatic carbocycles.